The second kappa shape index (κ2) is 5.57. The summed E-state index contributed by atoms with van der Waals surface area (Å²) in [5.41, 5.74) is 0. The second-order valence-electron chi connectivity index (χ2n) is 3.88. The fourth-order valence-electron chi connectivity index (χ4n) is 1.63. The van der Waals surface area contributed by atoms with Crippen molar-refractivity contribution < 1.29 is 22.6 Å². The van der Waals surface area contributed by atoms with E-state index in [-0.39, 0.29) is 10.6 Å². The summed E-state index contributed by atoms with van der Waals surface area (Å²) in [5.74, 6) is -0.226. The summed E-state index contributed by atoms with van der Waals surface area (Å²) < 4.78 is 43.5. The largest absolute Gasteiger partial charge is 0.490 e. The summed E-state index contributed by atoms with van der Waals surface area (Å²) >= 11 is -2.17. The molecule has 17 heavy (non-hydrogen) atoms. The second-order valence-corrected chi connectivity index (χ2v) is 4.85. The van der Waals surface area contributed by atoms with Gasteiger partial charge in [0.1, 0.15) is 0 Å². The van der Waals surface area contributed by atoms with Crippen LogP contribution in [-0.2, 0) is 15.8 Å². The molecule has 1 N–H and O–H groups in total. The van der Waals surface area contributed by atoms with Gasteiger partial charge in [0.05, 0.1) is 18.1 Å². The molecule has 0 spiro atoms. The molecule has 1 heterocycles. The highest BCUT2D eigenvalue weighted by atomic mass is 32.2. The topological polar surface area (TPSA) is 55.8 Å². The van der Waals surface area contributed by atoms with Crippen molar-refractivity contribution in [3.8, 4) is 5.75 Å². The van der Waals surface area contributed by atoms with Gasteiger partial charge in [-0.1, -0.05) is 0 Å². The number of hydrogen-bond acceptors (Lipinski definition) is 3. The van der Waals surface area contributed by atoms with Crippen LogP contribution in [-0.4, -0.2) is 28.6 Å². The first-order valence-electron chi connectivity index (χ1n) is 5.28. The molecule has 1 aliphatic rings. The molecular weight excluding hydrogens is 247 g/mol. The quantitative estimate of drug-likeness (QED) is 0.839. The summed E-state index contributed by atoms with van der Waals surface area (Å²) in [7, 11) is 0. The molecule has 1 saturated heterocycles. The smallest absolute Gasteiger partial charge is 0.186 e. The van der Waals surface area contributed by atoms with E-state index in [2.05, 4.69) is 0 Å². The molecule has 94 valence electrons. The van der Waals surface area contributed by atoms with Gasteiger partial charge < -0.3 is 14.0 Å². The molecule has 0 radical (unpaired) electrons. The Balaban J connectivity index is 1.98. The lowest BCUT2D eigenvalue weighted by Gasteiger charge is -2.11. The summed E-state index contributed by atoms with van der Waals surface area (Å²) in [4.78, 5) is 0.0269. The van der Waals surface area contributed by atoms with Gasteiger partial charge in [0.25, 0.3) is 0 Å². The van der Waals surface area contributed by atoms with E-state index < -0.39 is 16.9 Å². The summed E-state index contributed by atoms with van der Waals surface area (Å²) in [6.07, 6.45) is 0.917. The van der Waals surface area contributed by atoms with Crippen LogP contribution in [0.1, 0.15) is 6.42 Å². The molecule has 0 aromatic heterocycles. The molecule has 6 heteroatoms. The van der Waals surface area contributed by atoms with Gasteiger partial charge in [-0.2, -0.15) is 0 Å². The van der Waals surface area contributed by atoms with E-state index in [1.807, 2.05) is 0 Å². The first-order valence-corrected chi connectivity index (χ1v) is 6.38. The van der Waals surface area contributed by atoms with Crippen LogP contribution in [0, 0.1) is 11.7 Å². The molecule has 1 aliphatic heterocycles. The van der Waals surface area contributed by atoms with E-state index >= 15 is 0 Å². The number of hydrogen-bond donors (Lipinski definition) is 1. The van der Waals surface area contributed by atoms with Gasteiger partial charge in [-0.3, -0.25) is 0 Å². The summed E-state index contributed by atoms with van der Waals surface area (Å²) in [6, 6.07) is 3.75. The minimum atomic E-state index is -2.17. The van der Waals surface area contributed by atoms with Gasteiger partial charge in [-0.05, 0) is 24.6 Å². The highest BCUT2D eigenvalue weighted by Crippen LogP contribution is 2.21. The summed E-state index contributed by atoms with van der Waals surface area (Å²) in [6.45, 7) is 1.76. The zero-order chi connectivity index (χ0) is 12.3. The standard InChI is InChI=1S/C11H13FO4S/c12-10-5-9(17(13)14)1-2-11(10)16-7-8-3-4-15-6-8/h1-2,5,8H,3-4,6-7H2,(H,13,14). The molecule has 0 saturated carbocycles. The van der Waals surface area contributed by atoms with Crippen molar-refractivity contribution in [3.05, 3.63) is 24.0 Å². The minimum Gasteiger partial charge on any atom is -0.490 e. The number of benzene rings is 1. The van der Waals surface area contributed by atoms with E-state index in [0.29, 0.717) is 19.1 Å². The van der Waals surface area contributed by atoms with E-state index in [1.54, 1.807) is 0 Å². The van der Waals surface area contributed by atoms with Crippen LogP contribution in [0.5, 0.6) is 5.75 Å². The van der Waals surface area contributed by atoms with Gasteiger partial charge in [0.15, 0.2) is 22.6 Å². The first kappa shape index (κ1) is 12.5. The van der Waals surface area contributed by atoms with Gasteiger partial charge in [-0.15, -0.1) is 0 Å². The zero-order valence-corrected chi connectivity index (χ0v) is 9.91. The third-order valence-electron chi connectivity index (χ3n) is 2.60. The van der Waals surface area contributed by atoms with Gasteiger partial charge in [0, 0.05) is 12.5 Å². The molecule has 4 nitrogen and oxygen atoms in total. The molecule has 1 aromatic rings. The van der Waals surface area contributed by atoms with Crippen molar-refractivity contribution in [1.29, 1.82) is 0 Å². The molecular formula is C11H13FO4S. The Labute approximate surface area is 101 Å². The Morgan fingerprint density at radius 2 is 2.41 bits per heavy atom. The van der Waals surface area contributed by atoms with Crippen molar-refractivity contribution >= 4 is 11.1 Å². The Bertz CT molecular complexity index is 418. The average Bonchev–Trinajstić information content (AvgIpc) is 2.80. The van der Waals surface area contributed by atoms with E-state index in [0.717, 1.165) is 19.1 Å². The number of rotatable bonds is 4. The maximum atomic E-state index is 13.5. The molecule has 1 fully saturated rings. The Morgan fingerprint density at radius 3 is 3.00 bits per heavy atom. The molecule has 2 rings (SSSR count). The van der Waals surface area contributed by atoms with Crippen LogP contribution < -0.4 is 4.74 Å². The van der Waals surface area contributed by atoms with E-state index in [1.165, 1.54) is 12.1 Å². The van der Waals surface area contributed by atoms with Gasteiger partial charge in [0.2, 0.25) is 0 Å². The van der Waals surface area contributed by atoms with Crippen molar-refractivity contribution in [2.24, 2.45) is 5.92 Å². The minimum absolute atomic E-state index is 0.0269. The third-order valence-corrected chi connectivity index (χ3v) is 3.26. The number of ether oxygens (including phenoxy) is 2. The van der Waals surface area contributed by atoms with Crippen molar-refractivity contribution in [2.45, 2.75) is 11.3 Å². The molecule has 0 aliphatic carbocycles. The predicted molar refractivity (Wildman–Crippen MR) is 59.9 cm³/mol. The van der Waals surface area contributed by atoms with Crippen molar-refractivity contribution in [1.82, 2.24) is 0 Å². The van der Waals surface area contributed by atoms with E-state index in [9.17, 15) is 8.60 Å². The van der Waals surface area contributed by atoms with Gasteiger partial charge >= 0.3 is 0 Å². The lowest BCUT2D eigenvalue weighted by atomic mass is 10.1. The fourth-order valence-corrected chi connectivity index (χ4v) is 2.02. The van der Waals surface area contributed by atoms with Crippen LogP contribution in [0.25, 0.3) is 0 Å². The Hall–Kier alpha value is -0.980. The predicted octanol–water partition coefficient (Wildman–Crippen LogP) is 1.82. The van der Waals surface area contributed by atoms with E-state index in [4.69, 9.17) is 14.0 Å². The van der Waals surface area contributed by atoms with Crippen molar-refractivity contribution in [2.75, 3.05) is 19.8 Å². The fraction of sp³-hybridized carbons (Fsp3) is 0.455. The lowest BCUT2D eigenvalue weighted by Crippen LogP contribution is -2.12. The lowest BCUT2D eigenvalue weighted by molar-refractivity contribution is 0.165. The molecule has 2 atom stereocenters. The normalized spacial score (nSPS) is 21.4. The number of halogens is 1. The highest BCUT2D eigenvalue weighted by molar-refractivity contribution is 7.79. The van der Waals surface area contributed by atoms with Crippen LogP contribution in [0.3, 0.4) is 0 Å². The average molecular weight is 260 g/mol. The molecule has 2 unspecified atom stereocenters. The highest BCUT2D eigenvalue weighted by Gasteiger charge is 2.17. The maximum absolute atomic E-state index is 13.5. The monoisotopic (exact) mass is 260 g/mol. The van der Waals surface area contributed by atoms with Gasteiger partial charge in [-0.25, -0.2) is 8.60 Å². The van der Waals surface area contributed by atoms with Crippen LogP contribution in [0.15, 0.2) is 23.1 Å². The molecule has 0 bridgehead atoms. The Morgan fingerprint density at radius 1 is 1.59 bits per heavy atom. The molecule has 0 amide bonds. The van der Waals surface area contributed by atoms with Crippen LogP contribution >= 0.6 is 0 Å². The maximum Gasteiger partial charge on any atom is 0.186 e. The molecule has 1 aromatic carbocycles. The Kier molecular flexibility index (Phi) is 4.09. The third kappa shape index (κ3) is 3.24. The van der Waals surface area contributed by atoms with Crippen LogP contribution in [0.2, 0.25) is 0 Å². The SMILES string of the molecule is O=S(O)c1ccc(OCC2CCOC2)c(F)c1. The van der Waals surface area contributed by atoms with Crippen LogP contribution in [0.4, 0.5) is 4.39 Å². The first-order chi connectivity index (χ1) is 8.16. The summed E-state index contributed by atoms with van der Waals surface area (Å²) in [5, 5.41) is 0. The zero-order valence-electron chi connectivity index (χ0n) is 9.10. The van der Waals surface area contributed by atoms with Crippen molar-refractivity contribution in [3.63, 3.8) is 0 Å².